The van der Waals surface area contributed by atoms with E-state index in [0.29, 0.717) is 18.8 Å². The molecule has 27 heavy (non-hydrogen) atoms. The lowest BCUT2D eigenvalue weighted by molar-refractivity contribution is -0.0261. The summed E-state index contributed by atoms with van der Waals surface area (Å²) in [4.78, 5) is 8.26. The van der Waals surface area contributed by atoms with E-state index in [1.807, 2.05) is 0 Å². The van der Waals surface area contributed by atoms with E-state index in [-0.39, 0.29) is 0 Å². The molecular formula is C22H31N3O2. The average Bonchev–Trinajstić information content (AvgIpc) is 3.35. The molecule has 0 aromatic heterocycles. The zero-order chi connectivity index (χ0) is 18.0. The van der Waals surface area contributed by atoms with Gasteiger partial charge in [-0.25, -0.2) is 0 Å². The van der Waals surface area contributed by atoms with Gasteiger partial charge in [-0.3, -0.25) is 9.80 Å². The van der Waals surface area contributed by atoms with Gasteiger partial charge in [0.15, 0.2) is 11.5 Å². The fraction of sp³-hybridized carbons (Fsp3) is 0.727. The molecule has 6 aliphatic heterocycles. The Labute approximate surface area is 162 Å². The molecule has 0 radical (unpaired) electrons. The first-order chi connectivity index (χ1) is 13.3. The maximum absolute atomic E-state index is 5.70. The Morgan fingerprint density at radius 1 is 0.889 bits per heavy atom. The van der Waals surface area contributed by atoms with Crippen LogP contribution in [0.15, 0.2) is 18.2 Å². The molecule has 0 N–H and O–H groups in total. The van der Waals surface area contributed by atoms with Crippen molar-refractivity contribution in [2.75, 3.05) is 46.6 Å². The van der Waals surface area contributed by atoms with Crippen LogP contribution < -0.4 is 9.47 Å². The van der Waals surface area contributed by atoms with Crippen LogP contribution in [-0.2, 0) is 0 Å². The van der Waals surface area contributed by atoms with Crippen LogP contribution in [0.25, 0.3) is 0 Å². The van der Waals surface area contributed by atoms with E-state index in [4.69, 9.17) is 9.47 Å². The number of hydrogen-bond donors (Lipinski definition) is 0. The van der Waals surface area contributed by atoms with Crippen LogP contribution in [0.1, 0.15) is 37.2 Å². The summed E-state index contributed by atoms with van der Waals surface area (Å²) in [7, 11) is 2.27. The van der Waals surface area contributed by atoms with Crippen molar-refractivity contribution >= 4 is 0 Å². The van der Waals surface area contributed by atoms with Gasteiger partial charge in [-0.15, -0.1) is 0 Å². The van der Waals surface area contributed by atoms with Crippen LogP contribution >= 0.6 is 0 Å². The second kappa shape index (κ2) is 6.36. The van der Waals surface area contributed by atoms with Gasteiger partial charge < -0.3 is 14.4 Å². The molecule has 5 fully saturated rings. The molecule has 0 aliphatic carbocycles. The monoisotopic (exact) mass is 369 g/mol. The molecule has 146 valence electrons. The number of benzene rings is 1. The summed E-state index contributed by atoms with van der Waals surface area (Å²) < 4.78 is 11.2. The molecular weight excluding hydrogens is 338 g/mol. The summed E-state index contributed by atoms with van der Waals surface area (Å²) in [5.41, 5.74) is 1.46. The summed E-state index contributed by atoms with van der Waals surface area (Å²) in [5, 5.41) is 0. The average molecular weight is 370 g/mol. The van der Waals surface area contributed by atoms with Crippen LogP contribution in [0.5, 0.6) is 11.5 Å². The Bertz CT molecular complexity index is 710. The van der Waals surface area contributed by atoms with Gasteiger partial charge >= 0.3 is 0 Å². The van der Waals surface area contributed by atoms with E-state index >= 15 is 0 Å². The third-order valence-corrected chi connectivity index (χ3v) is 8.01. The second-order valence-electron chi connectivity index (χ2n) is 9.31. The fourth-order valence-corrected chi connectivity index (χ4v) is 6.64. The Balaban J connectivity index is 1.33. The molecule has 1 aromatic carbocycles. The molecule has 6 heterocycles. The first-order valence-electron chi connectivity index (χ1n) is 10.9. The number of piperidine rings is 4. The lowest BCUT2D eigenvalue weighted by Crippen LogP contribution is -2.61. The molecule has 1 aromatic rings. The Morgan fingerprint density at radius 3 is 2.48 bits per heavy atom. The quantitative estimate of drug-likeness (QED) is 0.798. The van der Waals surface area contributed by atoms with Crippen molar-refractivity contribution < 1.29 is 9.47 Å². The van der Waals surface area contributed by atoms with Gasteiger partial charge in [0.25, 0.3) is 0 Å². The number of fused-ring (bicyclic) bond motifs is 3. The van der Waals surface area contributed by atoms with E-state index in [1.54, 1.807) is 0 Å². The largest absolute Gasteiger partial charge is 0.454 e. The molecule has 0 saturated carbocycles. The van der Waals surface area contributed by atoms with Crippen LogP contribution in [0.3, 0.4) is 0 Å². The van der Waals surface area contributed by atoms with Crippen molar-refractivity contribution in [3.8, 4) is 11.5 Å². The molecule has 5 saturated heterocycles. The highest BCUT2D eigenvalue weighted by Crippen LogP contribution is 2.49. The van der Waals surface area contributed by atoms with Crippen molar-refractivity contribution in [3.63, 3.8) is 0 Å². The number of nitrogens with zero attached hydrogens (tertiary/aromatic N) is 3. The molecule has 0 amide bonds. The molecule has 7 rings (SSSR count). The van der Waals surface area contributed by atoms with Crippen molar-refractivity contribution in [2.45, 2.75) is 49.7 Å². The predicted octanol–water partition coefficient (Wildman–Crippen LogP) is 2.37. The molecule has 5 nitrogen and oxygen atoms in total. The zero-order valence-corrected chi connectivity index (χ0v) is 16.3. The molecule has 6 aliphatic rings. The molecule has 3 atom stereocenters. The highest BCUT2D eigenvalue weighted by molar-refractivity contribution is 5.46. The van der Waals surface area contributed by atoms with E-state index in [0.717, 1.165) is 29.5 Å². The fourth-order valence-electron chi connectivity index (χ4n) is 6.64. The first-order valence-corrected chi connectivity index (χ1v) is 10.9. The van der Waals surface area contributed by atoms with E-state index in [2.05, 4.69) is 39.9 Å². The van der Waals surface area contributed by atoms with Gasteiger partial charge in [-0.1, -0.05) is 6.07 Å². The van der Waals surface area contributed by atoms with Crippen molar-refractivity contribution in [3.05, 3.63) is 23.8 Å². The summed E-state index contributed by atoms with van der Waals surface area (Å²) >= 11 is 0. The smallest absolute Gasteiger partial charge is 0.231 e. The van der Waals surface area contributed by atoms with E-state index in [1.165, 1.54) is 64.0 Å². The van der Waals surface area contributed by atoms with E-state index < -0.39 is 0 Å². The summed E-state index contributed by atoms with van der Waals surface area (Å²) in [6, 6.07) is 8.92. The van der Waals surface area contributed by atoms with Crippen LogP contribution in [0.2, 0.25) is 0 Å². The molecule has 2 bridgehead atoms. The third kappa shape index (κ3) is 2.62. The number of rotatable bonds is 2. The molecule has 0 spiro atoms. The standard InChI is InChI=1S/C22H31N3O2/c1-23-8-6-17(7-9-23)25-13-18(16-2-3-19-20(12-16)27-14-26-19)22-21(25)15-4-10-24(22)11-5-15/h2-3,12,15,17-18,21-22H,4-11,13-14H2,1H3/t18-,21+,22+/m1/s1. The van der Waals surface area contributed by atoms with Crippen LogP contribution in [0, 0.1) is 5.92 Å². The minimum Gasteiger partial charge on any atom is -0.454 e. The maximum Gasteiger partial charge on any atom is 0.231 e. The van der Waals surface area contributed by atoms with Crippen LogP contribution in [0.4, 0.5) is 0 Å². The number of hydrogen-bond acceptors (Lipinski definition) is 5. The summed E-state index contributed by atoms with van der Waals surface area (Å²) in [5.74, 6) is 3.36. The minimum absolute atomic E-state index is 0.366. The van der Waals surface area contributed by atoms with Gasteiger partial charge in [0.2, 0.25) is 6.79 Å². The third-order valence-electron chi connectivity index (χ3n) is 8.01. The molecule has 5 heteroatoms. The lowest BCUT2D eigenvalue weighted by atomic mass is 9.75. The normalized spacial score (nSPS) is 39.1. The zero-order valence-electron chi connectivity index (χ0n) is 16.3. The Kier molecular flexibility index (Phi) is 3.92. The number of ether oxygens (including phenoxy) is 2. The summed E-state index contributed by atoms with van der Waals surface area (Å²) in [6.45, 7) is 6.69. The van der Waals surface area contributed by atoms with Crippen molar-refractivity contribution in [1.82, 2.24) is 14.7 Å². The van der Waals surface area contributed by atoms with Gasteiger partial charge in [0.05, 0.1) is 0 Å². The van der Waals surface area contributed by atoms with Gasteiger partial charge in [-0.2, -0.15) is 0 Å². The van der Waals surface area contributed by atoms with E-state index in [9.17, 15) is 0 Å². The van der Waals surface area contributed by atoms with Crippen LogP contribution in [-0.4, -0.2) is 79.4 Å². The SMILES string of the molecule is CN1CCC(N2C[C@H](c3ccc4c(c3)OCO4)[C@H]3[C@@H]2C2CCN3CC2)CC1. The Hall–Kier alpha value is -1.30. The Morgan fingerprint density at radius 2 is 1.67 bits per heavy atom. The second-order valence-corrected chi connectivity index (χ2v) is 9.31. The minimum atomic E-state index is 0.366. The van der Waals surface area contributed by atoms with Gasteiger partial charge in [-0.05, 0) is 82.5 Å². The maximum atomic E-state index is 5.70. The van der Waals surface area contributed by atoms with Crippen molar-refractivity contribution in [1.29, 1.82) is 0 Å². The highest BCUT2D eigenvalue weighted by atomic mass is 16.7. The number of likely N-dealkylation sites (tertiary alicyclic amines) is 2. The highest BCUT2D eigenvalue weighted by Gasteiger charge is 2.54. The summed E-state index contributed by atoms with van der Waals surface area (Å²) in [6.07, 6.45) is 5.47. The first kappa shape index (κ1) is 16.6. The van der Waals surface area contributed by atoms with Gasteiger partial charge in [0.1, 0.15) is 0 Å². The lowest BCUT2D eigenvalue weighted by Gasteiger charge is -2.53. The molecule has 0 unspecified atom stereocenters. The topological polar surface area (TPSA) is 28.2 Å². The van der Waals surface area contributed by atoms with Gasteiger partial charge in [0, 0.05) is 30.6 Å². The predicted molar refractivity (Wildman–Crippen MR) is 104 cm³/mol. The van der Waals surface area contributed by atoms with Crippen molar-refractivity contribution in [2.24, 2.45) is 5.92 Å².